The fourth-order valence-electron chi connectivity index (χ4n) is 3.03. The number of hydrogen-bond acceptors (Lipinski definition) is 4. The predicted octanol–water partition coefficient (Wildman–Crippen LogP) is 2.62. The van der Waals surface area contributed by atoms with Crippen LogP contribution in [0.15, 0.2) is 24.3 Å². The molecule has 1 aromatic carbocycles. The molecule has 0 bridgehead atoms. The SMILES string of the molecule is Cc1cc(C)cc(COC(=O)N2CCCn3nc(N)cc3C2)c1. The van der Waals surface area contributed by atoms with E-state index in [4.69, 9.17) is 10.5 Å². The second-order valence-corrected chi connectivity index (χ2v) is 6.11. The normalized spacial score (nSPS) is 14.3. The van der Waals surface area contributed by atoms with Gasteiger partial charge in [-0.3, -0.25) is 4.68 Å². The topological polar surface area (TPSA) is 73.4 Å². The summed E-state index contributed by atoms with van der Waals surface area (Å²) in [6.07, 6.45) is 0.546. The summed E-state index contributed by atoms with van der Waals surface area (Å²) in [6.45, 7) is 6.29. The van der Waals surface area contributed by atoms with E-state index in [0.717, 1.165) is 24.2 Å². The lowest BCUT2D eigenvalue weighted by Crippen LogP contribution is -2.31. The largest absolute Gasteiger partial charge is 0.445 e. The van der Waals surface area contributed by atoms with E-state index in [1.807, 2.05) is 36.7 Å². The number of carbonyl (C=O) groups excluding carboxylic acids is 1. The lowest BCUT2D eigenvalue weighted by molar-refractivity contribution is 0.0942. The Morgan fingerprint density at radius 1 is 1.22 bits per heavy atom. The molecule has 0 atom stereocenters. The number of anilines is 1. The zero-order chi connectivity index (χ0) is 16.4. The van der Waals surface area contributed by atoms with Crippen molar-refractivity contribution in [3.8, 4) is 0 Å². The van der Waals surface area contributed by atoms with Crippen molar-refractivity contribution in [2.75, 3.05) is 12.3 Å². The molecule has 0 saturated heterocycles. The van der Waals surface area contributed by atoms with Gasteiger partial charge in [0.15, 0.2) is 0 Å². The molecule has 1 aliphatic heterocycles. The Kier molecular flexibility index (Phi) is 4.23. The van der Waals surface area contributed by atoms with Gasteiger partial charge in [0.1, 0.15) is 12.4 Å². The first-order valence-electron chi connectivity index (χ1n) is 7.82. The highest BCUT2D eigenvalue weighted by Gasteiger charge is 2.21. The van der Waals surface area contributed by atoms with Crippen LogP contribution in [-0.4, -0.2) is 27.3 Å². The van der Waals surface area contributed by atoms with Gasteiger partial charge in [0.2, 0.25) is 0 Å². The van der Waals surface area contributed by atoms with E-state index < -0.39 is 0 Å². The highest BCUT2D eigenvalue weighted by Crippen LogP contribution is 2.16. The maximum absolute atomic E-state index is 12.4. The number of aryl methyl sites for hydroxylation is 3. The number of hydrogen-bond donors (Lipinski definition) is 1. The molecule has 2 N–H and O–H groups in total. The van der Waals surface area contributed by atoms with Gasteiger partial charge in [0.05, 0.1) is 12.2 Å². The van der Waals surface area contributed by atoms with Crippen molar-refractivity contribution in [1.29, 1.82) is 0 Å². The minimum Gasteiger partial charge on any atom is -0.445 e. The molecule has 0 fully saturated rings. The van der Waals surface area contributed by atoms with E-state index in [1.54, 1.807) is 4.90 Å². The lowest BCUT2D eigenvalue weighted by Gasteiger charge is -2.19. The third kappa shape index (κ3) is 3.64. The summed E-state index contributed by atoms with van der Waals surface area (Å²) >= 11 is 0. The van der Waals surface area contributed by atoms with E-state index in [2.05, 4.69) is 11.2 Å². The number of fused-ring (bicyclic) bond motifs is 1. The molecule has 0 aliphatic carbocycles. The number of aromatic nitrogens is 2. The molecule has 23 heavy (non-hydrogen) atoms. The Hall–Kier alpha value is -2.50. The van der Waals surface area contributed by atoms with Gasteiger partial charge in [-0.15, -0.1) is 0 Å². The Balaban J connectivity index is 1.64. The molecule has 0 spiro atoms. The smallest absolute Gasteiger partial charge is 0.410 e. The van der Waals surface area contributed by atoms with Crippen molar-refractivity contribution in [2.24, 2.45) is 0 Å². The molecule has 0 unspecified atom stereocenters. The fourth-order valence-corrected chi connectivity index (χ4v) is 3.03. The first kappa shape index (κ1) is 15.4. The maximum atomic E-state index is 12.4. The second-order valence-electron chi connectivity index (χ2n) is 6.11. The van der Waals surface area contributed by atoms with E-state index in [9.17, 15) is 4.79 Å². The average molecular weight is 314 g/mol. The molecule has 1 aliphatic rings. The zero-order valence-corrected chi connectivity index (χ0v) is 13.6. The molecule has 1 amide bonds. The Labute approximate surface area is 135 Å². The molecule has 122 valence electrons. The third-order valence-electron chi connectivity index (χ3n) is 3.94. The van der Waals surface area contributed by atoms with Crippen LogP contribution >= 0.6 is 0 Å². The van der Waals surface area contributed by atoms with E-state index >= 15 is 0 Å². The molecule has 1 aromatic heterocycles. The maximum Gasteiger partial charge on any atom is 0.410 e. The molecule has 0 saturated carbocycles. The highest BCUT2D eigenvalue weighted by atomic mass is 16.6. The van der Waals surface area contributed by atoms with Gasteiger partial charge in [0, 0.05) is 19.2 Å². The predicted molar refractivity (Wildman–Crippen MR) is 87.8 cm³/mol. The molecular weight excluding hydrogens is 292 g/mol. The zero-order valence-electron chi connectivity index (χ0n) is 13.6. The van der Waals surface area contributed by atoms with Crippen LogP contribution < -0.4 is 5.73 Å². The highest BCUT2D eigenvalue weighted by molar-refractivity contribution is 5.67. The van der Waals surface area contributed by atoms with Gasteiger partial charge in [-0.25, -0.2) is 4.79 Å². The van der Waals surface area contributed by atoms with Crippen LogP contribution in [0, 0.1) is 13.8 Å². The first-order chi connectivity index (χ1) is 11.0. The molecule has 2 heterocycles. The van der Waals surface area contributed by atoms with Crippen LogP contribution in [0.5, 0.6) is 0 Å². The van der Waals surface area contributed by atoms with Crippen molar-refractivity contribution in [3.05, 3.63) is 46.6 Å². The number of carbonyl (C=O) groups is 1. The molecule has 2 aromatic rings. The second kappa shape index (κ2) is 6.32. The summed E-state index contributed by atoms with van der Waals surface area (Å²) in [5.74, 6) is 0.491. The van der Waals surface area contributed by atoms with Crippen LogP contribution in [-0.2, 0) is 24.4 Å². The monoisotopic (exact) mass is 314 g/mol. The summed E-state index contributed by atoms with van der Waals surface area (Å²) in [6, 6.07) is 8.00. The number of nitrogens with zero attached hydrogens (tertiary/aromatic N) is 3. The number of ether oxygens (including phenoxy) is 1. The Morgan fingerprint density at radius 3 is 2.70 bits per heavy atom. The van der Waals surface area contributed by atoms with Crippen molar-refractivity contribution < 1.29 is 9.53 Å². The quantitative estimate of drug-likeness (QED) is 0.925. The summed E-state index contributed by atoms with van der Waals surface area (Å²) in [5, 5.41) is 4.23. The van der Waals surface area contributed by atoms with E-state index in [0.29, 0.717) is 25.5 Å². The van der Waals surface area contributed by atoms with Crippen molar-refractivity contribution in [1.82, 2.24) is 14.7 Å². The molecule has 6 heteroatoms. The minimum absolute atomic E-state index is 0.291. The first-order valence-corrected chi connectivity index (χ1v) is 7.82. The van der Waals surface area contributed by atoms with Gasteiger partial charge >= 0.3 is 6.09 Å². The van der Waals surface area contributed by atoms with E-state index in [1.165, 1.54) is 11.1 Å². The third-order valence-corrected chi connectivity index (χ3v) is 3.94. The van der Waals surface area contributed by atoms with Gasteiger partial charge in [-0.05, 0) is 25.8 Å². The summed E-state index contributed by atoms with van der Waals surface area (Å²) in [5.41, 5.74) is 10.0. The van der Waals surface area contributed by atoms with Crippen LogP contribution in [0.2, 0.25) is 0 Å². The van der Waals surface area contributed by atoms with Gasteiger partial charge in [-0.2, -0.15) is 5.10 Å². The number of amides is 1. The summed E-state index contributed by atoms with van der Waals surface area (Å²) in [4.78, 5) is 14.1. The van der Waals surface area contributed by atoms with Crippen molar-refractivity contribution >= 4 is 11.9 Å². The number of nitrogens with two attached hydrogens (primary N) is 1. The van der Waals surface area contributed by atoms with E-state index in [-0.39, 0.29) is 6.09 Å². The molecular formula is C17H22N4O2. The number of benzene rings is 1. The minimum atomic E-state index is -0.294. The fraction of sp³-hybridized carbons (Fsp3) is 0.412. The average Bonchev–Trinajstić information content (AvgIpc) is 2.70. The summed E-state index contributed by atoms with van der Waals surface area (Å²) < 4.78 is 7.35. The van der Waals surface area contributed by atoms with Crippen LogP contribution in [0.4, 0.5) is 10.6 Å². The number of nitrogen functional groups attached to an aromatic ring is 1. The van der Waals surface area contributed by atoms with Gasteiger partial charge in [0.25, 0.3) is 0 Å². The van der Waals surface area contributed by atoms with Gasteiger partial charge in [-0.1, -0.05) is 29.3 Å². The summed E-state index contributed by atoms with van der Waals surface area (Å²) in [7, 11) is 0. The molecule has 0 radical (unpaired) electrons. The van der Waals surface area contributed by atoms with Crippen LogP contribution in [0.25, 0.3) is 0 Å². The Bertz CT molecular complexity index is 703. The van der Waals surface area contributed by atoms with Crippen molar-refractivity contribution in [2.45, 2.75) is 40.0 Å². The molecule has 6 nitrogen and oxygen atoms in total. The van der Waals surface area contributed by atoms with Gasteiger partial charge < -0.3 is 15.4 Å². The Morgan fingerprint density at radius 2 is 1.96 bits per heavy atom. The standard InChI is InChI=1S/C17H22N4O2/c1-12-6-13(2)8-14(7-12)11-23-17(22)20-4-3-5-21-15(10-20)9-16(18)19-21/h6-9H,3-5,10-11H2,1-2H3,(H2,18,19). The lowest BCUT2D eigenvalue weighted by atomic mass is 10.1. The van der Waals surface area contributed by atoms with Crippen LogP contribution in [0.1, 0.15) is 28.8 Å². The van der Waals surface area contributed by atoms with Crippen molar-refractivity contribution in [3.63, 3.8) is 0 Å². The van der Waals surface area contributed by atoms with Crippen LogP contribution in [0.3, 0.4) is 0 Å². The molecule has 3 rings (SSSR count). The number of rotatable bonds is 2.